The maximum Gasteiger partial charge on any atom is 0.253 e. The van der Waals surface area contributed by atoms with Crippen LogP contribution in [0.25, 0.3) is 10.4 Å². The average molecular weight is 440 g/mol. The lowest BCUT2D eigenvalue weighted by atomic mass is 10.0. The minimum atomic E-state index is -0.714. The van der Waals surface area contributed by atoms with E-state index in [2.05, 4.69) is 5.32 Å². The molecule has 1 N–H and O–H groups in total. The van der Waals surface area contributed by atoms with E-state index in [4.69, 9.17) is 9.47 Å². The molecule has 2 heterocycles. The number of thiophene rings is 1. The molecule has 1 amide bonds. The van der Waals surface area contributed by atoms with Gasteiger partial charge in [0.1, 0.15) is 17.7 Å². The normalized spacial score (nSPS) is 15.8. The molecule has 0 aliphatic carbocycles. The monoisotopic (exact) mass is 439 g/mol. The van der Waals surface area contributed by atoms with Crippen LogP contribution in [0.4, 0.5) is 4.39 Å². The SMILES string of the molecule is CO[C@H](C(=O)NC[C@H]1Cc2cc(F)cc(-c3ccc(C(C)=O)s3)c2O1)c1ccccc1. The second-order valence-corrected chi connectivity index (χ2v) is 8.46. The Morgan fingerprint density at radius 3 is 2.68 bits per heavy atom. The van der Waals surface area contributed by atoms with Crippen molar-refractivity contribution in [1.29, 1.82) is 0 Å². The van der Waals surface area contributed by atoms with Crippen LogP contribution in [-0.4, -0.2) is 31.4 Å². The minimum Gasteiger partial charge on any atom is -0.487 e. The molecule has 0 saturated carbocycles. The molecule has 0 saturated heterocycles. The van der Waals surface area contributed by atoms with Crippen molar-refractivity contribution in [2.24, 2.45) is 0 Å². The average Bonchev–Trinajstić information content (AvgIpc) is 3.40. The number of fused-ring (bicyclic) bond motifs is 1. The number of halogens is 1. The van der Waals surface area contributed by atoms with Crippen molar-refractivity contribution in [3.8, 4) is 16.2 Å². The first-order valence-corrected chi connectivity index (χ1v) is 10.7. The van der Waals surface area contributed by atoms with Gasteiger partial charge < -0.3 is 14.8 Å². The molecule has 3 aromatic rings. The Labute approximate surface area is 183 Å². The third kappa shape index (κ3) is 4.52. The zero-order valence-corrected chi connectivity index (χ0v) is 18.0. The van der Waals surface area contributed by atoms with Gasteiger partial charge in [0.15, 0.2) is 11.9 Å². The molecule has 5 nitrogen and oxygen atoms in total. The summed E-state index contributed by atoms with van der Waals surface area (Å²) in [7, 11) is 1.49. The summed E-state index contributed by atoms with van der Waals surface area (Å²) >= 11 is 1.31. The fourth-order valence-corrected chi connectivity index (χ4v) is 4.61. The highest BCUT2D eigenvalue weighted by Crippen LogP contribution is 2.42. The number of rotatable bonds is 7. The van der Waals surface area contributed by atoms with Gasteiger partial charge in [0, 0.05) is 29.5 Å². The Balaban J connectivity index is 1.47. The van der Waals surface area contributed by atoms with Crippen LogP contribution >= 0.6 is 11.3 Å². The molecule has 160 valence electrons. The topological polar surface area (TPSA) is 64.6 Å². The molecule has 0 fully saturated rings. The van der Waals surface area contributed by atoms with Gasteiger partial charge in [-0.25, -0.2) is 4.39 Å². The Bertz CT molecular complexity index is 1110. The van der Waals surface area contributed by atoms with Gasteiger partial charge >= 0.3 is 0 Å². The van der Waals surface area contributed by atoms with Crippen LogP contribution in [-0.2, 0) is 16.0 Å². The molecule has 31 heavy (non-hydrogen) atoms. The summed E-state index contributed by atoms with van der Waals surface area (Å²) in [6.45, 7) is 1.77. The maximum atomic E-state index is 14.2. The lowest BCUT2D eigenvalue weighted by molar-refractivity contribution is -0.131. The molecule has 0 bridgehead atoms. The molecule has 4 rings (SSSR count). The van der Waals surface area contributed by atoms with Gasteiger partial charge in [0.05, 0.1) is 11.4 Å². The van der Waals surface area contributed by atoms with Gasteiger partial charge in [0.2, 0.25) is 0 Å². The van der Waals surface area contributed by atoms with Crippen molar-refractivity contribution in [2.75, 3.05) is 13.7 Å². The summed E-state index contributed by atoms with van der Waals surface area (Å²) in [5, 5.41) is 2.88. The van der Waals surface area contributed by atoms with Crippen molar-refractivity contribution in [3.63, 3.8) is 0 Å². The van der Waals surface area contributed by atoms with Crippen molar-refractivity contribution >= 4 is 23.0 Å². The van der Waals surface area contributed by atoms with Gasteiger partial charge in [-0.3, -0.25) is 9.59 Å². The van der Waals surface area contributed by atoms with Crippen LogP contribution < -0.4 is 10.1 Å². The fourth-order valence-electron chi connectivity index (χ4n) is 3.69. The van der Waals surface area contributed by atoms with Crippen molar-refractivity contribution in [3.05, 3.63) is 76.4 Å². The first-order chi connectivity index (χ1) is 15.0. The van der Waals surface area contributed by atoms with Gasteiger partial charge in [-0.05, 0) is 36.8 Å². The first-order valence-electron chi connectivity index (χ1n) is 9.92. The summed E-state index contributed by atoms with van der Waals surface area (Å²) in [6.07, 6.45) is -0.553. The van der Waals surface area contributed by atoms with Crippen molar-refractivity contribution in [1.82, 2.24) is 5.32 Å². The van der Waals surface area contributed by atoms with E-state index in [-0.39, 0.29) is 30.2 Å². The van der Waals surface area contributed by atoms with Gasteiger partial charge in [0.25, 0.3) is 5.91 Å². The van der Waals surface area contributed by atoms with E-state index in [1.54, 1.807) is 12.1 Å². The van der Waals surface area contributed by atoms with Crippen LogP contribution in [0.3, 0.4) is 0 Å². The molecule has 1 aromatic heterocycles. The summed E-state index contributed by atoms with van der Waals surface area (Å²) in [4.78, 5) is 25.6. The largest absolute Gasteiger partial charge is 0.487 e. The quantitative estimate of drug-likeness (QED) is 0.548. The molecular formula is C24H22FNO4S. The Hall–Kier alpha value is -3.03. The number of amides is 1. The number of benzene rings is 2. The second-order valence-electron chi connectivity index (χ2n) is 7.38. The molecule has 2 atom stereocenters. The van der Waals surface area contributed by atoms with E-state index in [0.29, 0.717) is 22.6 Å². The predicted molar refractivity (Wildman–Crippen MR) is 117 cm³/mol. The van der Waals surface area contributed by atoms with Crippen LogP contribution in [0.15, 0.2) is 54.6 Å². The van der Waals surface area contributed by atoms with Gasteiger partial charge in [-0.15, -0.1) is 11.3 Å². The second kappa shape index (κ2) is 8.99. The number of methoxy groups -OCH3 is 1. The number of ether oxygens (including phenoxy) is 2. The van der Waals surface area contributed by atoms with Crippen molar-refractivity contribution < 1.29 is 23.5 Å². The van der Waals surface area contributed by atoms with Crippen LogP contribution in [0.5, 0.6) is 5.75 Å². The van der Waals surface area contributed by atoms with E-state index in [1.165, 1.54) is 37.5 Å². The Morgan fingerprint density at radius 2 is 2.00 bits per heavy atom. The van der Waals surface area contributed by atoms with Crippen molar-refractivity contribution in [2.45, 2.75) is 25.6 Å². The number of ketones is 1. The summed E-state index contributed by atoms with van der Waals surface area (Å²) in [5.41, 5.74) is 2.14. The zero-order valence-electron chi connectivity index (χ0n) is 17.2. The van der Waals surface area contributed by atoms with Crippen LogP contribution in [0, 0.1) is 5.82 Å². The standard InChI is InChI=1S/C24H22FNO4S/c1-14(27)20-8-9-21(31-20)19-12-17(25)10-16-11-18(30-22(16)19)13-26-24(28)23(29-2)15-6-4-3-5-7-15/h3-10,12,18,23H,11,13H2,1-2H3,(H,26,28)/t18-,23+/m1/s1. The summed E-state index contributed by atoms with van der Waals surface area (Å²) < 4.78 is 25.7. The number of carbonyl (C=O) groups is 2. The van der Waals surface area contributed by atoms with Crippen LogP contribution in [0.1, 0.15) is 33.8 Å². The molecule has 2 aromatic carbocycles. The lowest BCUT2D eigenvalue weighted by Gasteiger charge is -2.18. The minimum absolute atomic E-state index is 0.0306. The van der Waals surface area contributed by atoms with E-state index in [1.807, 2.05) is 30.3 Å². The molecule has 7 heteroatoms. The highest BCUT2D eigenvalue weighted by molar-refractivity contribution is 7.17. The molecular weight excluding hydrogens is 417 g/mol. The number of hydrogen-bond donors (Lipinski definition) is 1. The third-order valence-corrected chi connectivity index (χ3v) is 6.38. The zero-order chi connectivity index (χ0) is 22.0. The Kier molecular flexibility index (Phi) is 6.15. The summed E-state index contributed by atoms with van der Waals surface area (Å²) in [6, 6.07) is 15.7. The number of carbonyl (C=O) groups excluding carboxylic acids is 2. The maximum absolute atomic E-state index is 14.2. The first kappa shape index (κ1) is 21.2. The number of Topliss-reactive ketones (excluding diaryl/α,β-unsaturated/α-hetero) is 1. The molecule has 0 unspecified atom stereocenters. The van der Waals surface area contributed by atoms with Gasteiger partial charge in [-0.1, -0.05) is 30.3 Å². The number of hydrogen-bond acceptors (Lipinski definition) is 5. The van der Waals surface area contributed by atoms with E-state index in [9.17, 15) is 14.0 Å². The predicted octanol–water partition coefficient (Wildman–Crippen LogP) is 4.56. The number of nitrogens with one attached hydrogen (secondary N) is 1. The fraction of sp³-hybridized carbons (Fsp3) is 0.250. The highest BCUT2D eigenvalue weighted by atomic mass is 32.1. The van der Waals surface area contributed by atoms with E-state index >= 15 is 0 Å². The lowest BCUT2D eigenvalue weighted by Crippen LogP contribution is -2.37. The highest BCUT2D eigenvalue weighted by Gasteiger charge is 2.29. The Morgan fingerprint density at radius 1 is 1.23 bits per heavy atom. The molecule has 0 spiro atoms. The van der Waals surface area contributed by atoms with E-state index in [0.717, 1.165) is 16.0 Å². The summed E-state index contributed by atoms with van der Waals surface area (Å²) in [5.74, 6) is -0.0479. The molecule has 0 radical (unpaired) electrons. The van der Waals surface area contributed by atoms with Gasteiger partial charge in [-0.2, -0.15) is 0 Å². The molecule has 1 aliphatic rings. The smallest absolute Gasteiger partial charge is 0.253 e. The third-order valence-electron chi connectivity index (χ3n) is 5.16. The molecule has 1 aliphatic heterocycles. The van der Waals surface area contributed by atoms with Crippen LogP contribution in [0.2, 0.25) is 0 Å². The van der Waals surface area contributed by atoms with E-state index < -0.39 is 6.10 Å².